The molecule has 11 atom stereocenters. The number of carbonyl (C=O) groups is 2. The lowest BCUT2D eigenvalue weighted by Gasteiger charge is -2.55. The monoisotopic (exact) mass is 918 g/mol. The number of rotatable bonds is 7. The van der Waals surface area contributed by atoms with Crippen molar-refractivity contribution >= 4 is 30.8 Å². The van der Waals surface area contributed by atoms with Crippen molar-refractivity contribution in [2.24, 2.45) is 35.0 Å². The average molecular weight is 918 g/mol. The summed E-state index contributed by atoms with van der Waals surface area (Å²) in [4.78, 5) is 28.8. The van der Waals surface area contributed by atoms with E-state index < -0.39 is 43.9 Å². The summed E-state index contributed by atoms with van der Waals surface area (Å²) in [7, 11) is -1.04. The molecule has 66 heavy (non-hydrogen) atoms. The second kappa shape index (κ2) is 20.1. The van der Waals surface area contributed by atoms with Crippen LogP contribution in [0.15, 0.2) is 133 Å². The summed E-state index contributed by atoms with van der Waals surface area (Å²) in [6, 6.07) is 21.6. The maximum Gasteiger partial charge on any atom is 0.412 e. The fraction of sp³-hybridized carbons (Fsp3) is 0.544. The van der Waals surface area contributed by atoms with Crippen molar-refractivity contribution in [3.8, 4) is 0 Å². The van der Waals surface area contributed by atoms with Crippen molar-refractivity contribution < 1.29 is 33.0 Å². The average Bonchev–Trinajstić information content (AvgIpc) is 3.50. The first-order valence-corrected chi connectivity index (χ1v) is 26.1. The molecule has 358 valence electrons. The van der Waals surface area contributed by atoms with Crippen molar-refractivity contribution in [1.29, 1.82) is 0 Å². The van der Waals surface area contributed by atoms with E-state index in [0.29, 0.717) is 0 Å². The number of hydrogen-bond acceptors (Lipinski definition) is 7. The Balaban J connectivity index is 1.38. The molecule has 2 aliphatic heterocycles. The third-order valence-electron chi connectivity index (χ3n) is 14.7. The number of nitrogens with zero attached hydrogens (tertiary/aromatic N) is 1. The predicted octanol–water partition coefficient (Wildman–Crippen LogP) is 11.7. The molecular formula is C57H79NO7Si. The summed E-state index contributed by atoms with van der Waals surface area (Å²) in [5.74, 6) is -0.447. The van der Waals surface area contributed by atoms with Crippen LogP contribution in [0, 0.1) is 35.0 Å². The predicted molar refractivity (Wildman–Crippen MR) is 270 cm³/mol. The van der Waals surface area contributed by atoms with Crippen LogP contribution in [-0.4, -0.2) is 74.2 Å². The van der Waals surface area contributed by atoms with Gasteiger partial charge in [-0.05, 0) is 95.0 Å². The molecule has 2 fully saturated rings. The van der Waals surface area contributed by atoms with Gasteiger partial charge in [0.05, 0.1) is 24.4 Å². The van der Waals surface area contributed by atoms with Gasteiger partial charge in [0.2, 0.25) is 0 Å². The zero-order valence-electron chi connectivity index (χ0n) is 42.5. The molecule has 0 radical (unpaired) electrons. The van der Waals surface area contributed by atoms with Crippen molar-refractivity contribution in [1.82, 2.24) is 4.90 Å². The molecule has 2 heterocycles. The largest absolute Gasteiger partial charge is 0.458 e. The van der Waals surface area contributed by atoms with Gasteiger partial charge in [-0.25, -0.2) is 9.59 Å². The van der Waals surface area contributed by atoms with E-state index in [9.17, 15) is 9.59 Å². The van der Waals surface area contributed by atoms with Gasteiger partial charge in [-0.2, -0.15) is 0 Å². The lowest BCUT2D eigenvalue weighted by atomic mass is 9.55. The van der Waals surface area contributed by atoms with Crippen LogP contribution in [0.3, 0.4) is 0 Å². The molecule has 0 spiro atoms. The first kappa shape index (κ1) is 51.1. The summed E-state index contributed by atoms with van der Waals surface area (Å²) >= 11 is 0. The standard InChI is InChI=1S/C57H79NO7Si/c1-38-23-22-28-50(59)62-51(41(4)52-42(5)58(56(12,13)63-52)53(60)64-54(6,7)8)40(3)30-29-39(2)35-43-31-32-47-48(57(43,14)34-33-38)36-44(61-15)37-49(47)65-66(55(9,10)11,45-24-18-16-19-25-45)46-26-20-17-21-27-46/h16-35,40-44,47-49,51-52H,36-37H2,1-15H3/b28-22+,30-29+,34-33+,38-23-,39-35+/t40-,41+,42-,43-,44+,47-,48-,49+,51-,52+,57?/m1/s1. The number of ether oxygens (including phenoxy) is 4. The molecule has 0 aromatic heterocycles. The number of allylic oxidation sites excluding steroid dienone is 9. The Kier molecular flexibility index (Phi) is 15.6. The summed E-state index contributed by atoms with van der Waals surface area (Å²) in [5, 5.41) is 2.39. The molecule has 8 nitrogen and oxygen atoms in total. The van der Waals surface area contributed by atoms with Gasteiger partial charge in [-0.1, -0.05) is 168 Å². The summed E-state index contributed by atoms with van der Waals surface area (Å²) in [6.45, 7) is 29.2. The molecule has 4 aliphatic rings. The minimum atomic E-state index is -2.89. The highest BCUT2D eigenvalue weighted by atomic mass is 28.4. The van der Waals surface area contributed by atoms with Gasteiger partial charge in [0, 0.05) is 36.9 Å². The molecule has 2 aromatic rings. The number of amides is 1. The SMILES string of the molecule is CO[C@@H]1C[C@H](O[Si](c2ccccc2)(c2ccccc2)C(C)(C)C)[C@@H]2C=C[C@@H]3/C=C(C)/C=C/[C@@H](C)[C@H]([C@H](C)[C@@H]4OC(C)(C)N(C(=O)OC(C)(C)C)[C@@H]4C)OC(=O)/C=C/C=C(C)\C=C\C3(C)[C@@H]2C1. The van der Waals surface area contributed by atoms with Crippen LogP contribution in [0.1, 0.15) is 110 Å². The van der Waals surface area contributed by atoms with Crippen LogP contribution in [0.25, 0.3) is 0 Å². The molecular weight excluding hydrogens is 839 g/mol. The van der Waals surface area contributed by atoms with Gasteiger partial charge in [-0.3, -0.25) is 4.90 Å². The zero-order valence-corrected chi connectivity index (χ0v) is 43.5. The van der Waals surface area contributed by atoms with Gasteiger partial charge in [-0.15, -0.1) is 0 Å². The Hall–Kier alpha value is -4.28. The maximum absolute atomic E-state index is 13.6. The van der Waals surface area contributed by atoms with E-state index in [1.807, 2.05) is 54.7 Å². The van der Waals surface area contributed by atoms with Gasteiger partial charge in [0.25, 0.3) is 8.32 Å². The number of methoxy groups -OCH3 is 1. The second-order valence-electron chi connectivity index (χ2n) is 22.2. The van der Waals surface area contributed by atoms with Crippen LogP contribution >= 0.6 is 0 Å². The molecule has 2 aromatic carbocycles. The lowest BCUT2D eigenvalue weighted by Crippen LogP contribution is -2.69. The van der Waals surface area contributed by atoms with Crippen LogP contribution in [-0.2, 0) is 28.2 Å². The van der Waals surface area contributed by atoms with E-state index in [4.69, 9.17) is 23.4 Å². The second-order valence-corrected chi connectivity index (χ2v) is 26.5. The van der Waals surface area contributed by atoms with E-state index in [0.717, 1.165) is 24.0 Å². The highest BCUT2D eigenvalue weighted by Crippen LogP contribution is 2.55. The third kappa shape index (κ3) is 10.9. The highest BCUT2D eigenvalue weighted by Gasteiger charge is 2.57. The van der Waals surface area contributed by atoms with E-state index >= 15 is 0 Å². The molecule has 9 heteroatoms. The number of cyclic esters (lactones) is 1. The fourth-order valence-corrected chi connectivity index (χ4v) is 16.1. The highest BCUT2D eigenvalue weighted by molar-refractivity contribution is 6.99. The van der Waals surface area contributed by atoms with E-state index in [1.165, 1.54) is 16.4 Å². The van der Waals surface area contributed by atoms with Gasteiger partial charge < -0.3 is 23.4 Å². The molecule has 1 saturated heterocycles. The Morgan fingerprint density at radius 1 is 0.833 bits per heavy atom. The van der Waals surface area contributed by atoms with Crippen LogP contribution in [0.4, 0.5) is 4.79 Å². The molecule has 2 aliphatic carbocycles. The zero-order chi connectivity index (χ0) is 48.4. The number of carbonyl (C=O) groups excluding carboxylic acids is 2. The first-order valence-electron chi connectivity index (χ1n) is 24.2. The van der Waals surface area contributed by atoms with Crippen LogP contribution in [0.5, 0.6) is 0 Å². The number of fused-ring (bicyclic) bond motifs is 3. The van der Waals surface area contributed by atoms with Gasteiger partial charge in [0.15, 0.2) is 0 Å². The van der Waals surface area contributed by atoms with Crippen molar-refractivity contribution in [3.63, 3.8) is 0 Å². The van der Waals surface area contributed by atoms with E-state index in [2.05, 4.69) is 159 Å². The maximum atomic E-state index is 13.6. The number of esters is 1. The smallest absolute Gasteiger partial charge is 0.412 e. The van der Waals surface area contributed by atoms with Crippen molar-refractivity contribution in [2.45, 2.75) is 157 Å². The molecule has 1 amide bonds. The van der Waals surface area contributed by atoms with E-state index in [-0.39, 0.29) is 58.3 Å². The van der Waals surface area contributed by atoms with Gasteiger partial charge in [0.1, 0.15) is 17.4 Å². The quantitative estimate of drug-likeness (QED) is 0.155. The van der Waals surface area contributed by atoms with Crippen LogP contribution in [0.2, 0.25) is 5.04 Å². The summed E-state index contributed by atoms with van der Waals surface area (Å²) < 4.78 is 33.1. The molecule has 1 unspecified atom stereocenters. The number of hydrogen-bond donors (Lipinski definition) is 0. The topological polar surface area (TPSA) is 83.5 Å². The third-order valence-corrected chi connectivity index (χ3v) is 19.8. The first-order chi connectivity index (χ1) is 30.9. The fourth-order valence-electron chi connectivity index (χ4n) is 11.4. The summed E-state index contributed by atoms with van der Waals surface area (Å²) in [5.41, 5.74) is 0.248. The molecule has 1 saturated carbocycles. The van der Waals surface area contributed by atoms with Crippen molar-refractivity contribution in [2.75, 3.05) is 7.11 Å². The lowest BCUT2D eigenvalue weighted by molar-refractivity contribution is -0.153. The summed E-state index contributed by atoms with van der Waals surface area (Å²) in [6.07, 6.45) is 21.7. The Labute approximate surface area is 398 Å². The molecule has 6 rings (SSSR count). The Morgan fingerprint density at radius 2 is 1.45 bits per heavy atom. The number of benzene rings is 2. The Morgan fingerprint density at radius 3 is 2.03 bits per heavy atom. The minimum absolute atomic E-state index is 0.0240. The van der Waals surface area contributed by atoms with Crippen LogP contribution < -0.4 is 10.4 Å². The van der Waals surface area contributed by atoms with E-state index in [1.54, 1.807) is 11.0 Å². The Bertz CT molecular complexity index is 2150. The minimum Gasteiger partial charge on any atom is -0.458 e. The van der Waals surface area contributed by atoms with Gasteiger partial charge >= 0.3 is 12.1 Å². The van der Waals surface area contributed by atoms with Crippen molar-refractivity contribution in [3.05, 3.63) is 133 Å². The normalized spacial score (nSPS) is 34.3. The molecule has 0 bridgehead atoms. The molecule has 0 N–H and O–H groups in total.